The number of carboxylic acids is 1. The second kappa shape index (κ2) is 6.33. The van der Waals surface area contributed by atoms with Gasteiger partial charge >= 0.3 is 5.97 Å². The number of aliphatic carboxylic acids is 1. The number of nitrogens with zero attached hydrogens (tertiary/aromatic N) is 1. The Labute approximate surface area is 103 Å². The first kappa shape index (κ1) is 14.4. The molecule has 1 heterocycles. The van der Waals surface area contributed by atoms with E-state index in [1.165, 1.54) is 13.3 Å². The Hall–Kier alpha value is -0.650. The molecule has 0 aromatic carbocycles. The molecule has 0 spiro atoms. The molecule has 100 valence electrons. The number of carbonyl (C=O) groups is 1. The second-order valence-corrected chi connectivity index (χ2v) is 5.09. The van der Waals surface area contributed by atoms with Gasteiger partial charge in [0.25, 0.3) is 0 Å². The Bertz CT molecular complexity index is 256. The number of hydrogen-bond acceptors (Lipinski definition) is 4. The van der Waals surface area contributed by atoms with Crippen molar-refractivity contribution in [3.8, 4) is 0 Å². The molecule has 0 aromatic heterocycles. The summed E-state index contributed by atoms with van der Waals surface area (Å²) in [6.45, 7) is 3.41. The van der Waals surface area contributed by atoms with Crippen LogP contribution in [0.15, 0.2) is 0 Å². The Morgan fingerprint density at radius 1 is 1.53 bits per heavy atom. The summed E-state index contributed by atoms with van der Waals surface area (Å²) in [6, 6.07) is 0.391. The number of piperidine rings is 1. The lowest BCUT2D eigenvalue weighted by Gasteiger charge is -2.38. The fourth-order valence-corrected chi connectivity index (χ4v) is 2.37. The van der Waals surface area contributed by atoms with Crippen molar-refractivity contribution < 1.29 is 15.0 Å². The Kier molecular flexibility index (Phi) is 5.36. The molecular formula is C12H24N2O3. The van der Waals surface area contributed by atoms with E-state index < -0.39 is 11.6 Å². The van der Waals surface area contributed by atoms with Crippen LogP contribution in [0, 0.1) is 0 Å². The van der Waals surface area contributed by atoms with Crippen LogP contribution in [0.3, 0.4) is 0 Å². The summed E-state index contributed by atoms with van der Waals surface area (Å²) in [4.78, 5) is 13.0. The number of nitrogens with one attached hydrogen (secondary N) is 1. The normalized spacial score (nSPS) is 25.5. The molecule has 5 nitrogen and oxygen atoms in total. The monoisotopic (exact) mass is 244 g/mol. The van der Waals surface area contributed by atoms with E-state index in [1.54, 1.807) is 0 Å². The van der Waals surface area contributed by atoms with Crippen LogP contribution in [-0.2, 0) is 4.79 Å². The van der Waals surface area contributed by atoms with Crippen molar-refractivity contribution in [3.63, 3.8) is 0 Å². The van der Waals surface area contributed by atoms with E-state index in [1.807, 2.05) is 7.05 Å². The average Bonchev–Trinajstić information content (AvgIpc) is 2.27. The lowest BCUT2D eigenvalue weighted by Crippen LogP contribution is -2.52. The Morgan fingerprint density at radius 2 is 2.24 bits per heavy atom. The van der Waals surface area contributed by atoms with Gasteiger partial charge in [0.05, 0.1) is 0 Å². The topological polar surface area (TPSA) is 72.8 Å². The van der Waals surface area contributed by atoms with Crippen molar-refractivity contribution in [2.24, 2.45) is 0 Å². The summed E-state index contributed by atoms with van der Waals surface area (Å²) in [5.74, 6) is -1.14. The average molecular weight is 244 g/mol. The number of carboxylic acid groups (broad SMARTS) is 1. The fourth-order valence-electron chi connectivity index (χ4n) is 2.37. The van der Waals surface area contributed by atoms with Gasteiger partial charge in [0.1, 0.15) is 0 Å². The van der Waals surface area contributed by atoms with Crippen molar-refractivity contribution in [2.75, 3.05) is 26.7 Å². The molecule has 3 N–H and O–H groups in total. The number of likely N-dealkylation sites (tertiary alicyclic amines) is 1. The zero-order chi connectivity index (χ0) is 12.9. The summed E-state index contributed by atoms with van der Waals surface area (Å²) >= 11 is 0. The third kappa shape index (κ3) is 4.26. The highest BCUT2D eigenvalue weighted by Crippen LogP contribution is 2.21. The maximum absolute atomic E-state index is 10.9. The summed E-state index contributed by atoms with van der Waals surface area (Å²) in [6.07, 6.45) is 4.38. The van der Waals surface area contributed by atoms with E-state index in [4.69, 9.17) is 5.11 Å². The number of aliphatic hydroxyl groups is 1. The maximum Gasteiger partial charge on any atom is 0.336 e. The molecule has 1 aliphatic heterocycles. The van der Waals surface area contributed by atoms with Crippen LogP contribution in [0.25, 0.3) is 0 Å². The largest absolute Gasteiger partial charge is 0.479 e. The highest BCUT2D eigenvalue weighted by Gasteiger charge is 2.35. The molecule has 1 aliphatic rings. The lowest BCUT2D eigenvalue weighted by molar-refractivity contribution is -0.159. The molecule has 1 fully saturated rings. The molecule has 0 aliphatic carbocycles. The zero-order valence-electron chi connectivity index (χ0n) is 10.8. The molecule has 5 heteroatoms. The van der Waals surface area contributed by atoms with Gasteiger partial charge in [-0.2, -0.15) is 0 Å². The molecule has 0 aromatic rings. The quantitative estimate of drug-likeness (QED) is 0.626. The number of rotatable bonds is 6. The first-order chi connectivity index (χ1) is 7.97. The van der Waals surface area contributed by atoms with Gasteiger partial charge in [-0.05, 0) is 46.3 Å². The molecule has 0 amide bonds. The third-order valence-corrected chi connectivity index (χ3v) is 3.45. The zero-order valence-corrected chi connectivity index (χ0v) is 10.8. The van der Waals surface area contributed by atoms with Crippen LogP contribution in [0.2, 0.25) is 0 Å². The molecule has 0 bridgehead atoms. The van der Waals surface area contributed by atoms with Gasteiger partial charge < -0.3 is 15.5 Å². The highest BCUT2D eigenvalue weighted by atomic mass is 16.4. The van der Waals surface area contributed by atoms with Crippen molar-refractivity contribution in [3.05, 3.63) is 0 Å². The van der Waals surface area contributed by atoms with Crippen LogP contribution >= 0.6 is 0 Å². The number of hydrogen-bond donors (Lipinski definition) is 3. The Balaban J connectivity index is 2.55. The highest BCUT2D eigenvalue weighted by molar-refractivity contribution is 5.76. The van der Waals surface area contributed by atoms with Crippen LogP contribution < -0.4 is 5.32 Å². The SMILES string of the molecule is CNCCC1CCCCN1CC(C)(O)C(=O)O. The minimum absolute atomic E-state index is 0.219. The lowest BCUT2D eigenvalue weighted by atomic mass is 9.96. The van der Waals surface area contributed by atoms with Crippen molar-refractivity contribution in [1.29, 1.82) is 0 Å². The molecule has 0 radical (unpaired) electrons. The van der Waals surface area contributed by atoms with Crippen LogP contribution in [0.1, 0.15) is 32.6 Å². The van der Waals surface area contributed by atoms with Crippen molar-refractivity contribution in [1.82, 2.24) is 10.2 Å². The first-order valence-electron chi connectivity index (χ1n) is 6.32. The van der Waals surface area contributed by atoms with Crippen LogP contribution in [0.4, 0.5) is 0 Å². The summed E-state index contributed by atoms with van der Waals surface area (Å²) in [7, 11) is 1.92. The molecule has 2 unspecified atom stereocenters. The van der Waals surface area contributed by atoms with Crippen molar-refractivity contribution >= 4 is 5.97 Å². The summed E-state index contributed by atoms with van der Waals surface area (Å²) < 4.78 is 0. The van der Waals surface area contributed by atoms with E-state index in [-0.39, 0.29) is 6.54 Å². The van der Waals surface area contributed by atoms with E-state index in [9.17, 15) is 9.90 Å². The minimum atomic E-state index is -1.64. The van der Waals surface area contributed by atoms with Crippen LogP contribution in [0.5, 0.6) is 0 Å². The first-order valence-corrected chi connectivity index (χ1v) is 6.32. The summed E-state index contributed by atoms with van der Waals surface area (Å²) in [5, 5.41) is 21.9. The molecule has 2 atom stereocenters. The predicted molar refractivity (Wildman–Crippen MR) is 66.0 cm³/mol. The second-order valence-electron chi connectivity index (χ2n) is 5.09. The summed E-state index contributed by atoms with van der Waals surface area (Å²) in [5.41, 5.74) is -1.64. The van der Waals surface area contributed by atoms with E-state index in [0.717, 1.165) is 32.4 Å². The van der Waals surface area contributed by atoms with E-state index in [2.05, 4.69) is 10.2 Å². The molecule has 0 saturated carbocycles. The number of β-amino-alcohol motifs (C(OH)–C–C–N with tert-alkyl or cyclic N) is 1. The molecule has 1 rings (SSSR count). The van der Waals surface area contributed by atoms with Crippen molar-refractivity contribution in [2.45, 2.75) is 44.2 Å². The van der Waals surface area contributed by atoms with Gasteiger partial charge in [0.2, 0.25) is 0 Å². The van der Waals surface area contributed by atoms with Gasteiger partial charge in [0, 0.05) is 12.6 Å². The third-order valence-electron chi connectivity index (χ3n) is 3.45. The van der Waals surface area contributed by atoms with Crippen LogP contribution in [-0.4, -0.2) is 59.4 Å². The standard InChI is InChI=1S/C12H24N2O3/c1-12(17,11(15)16)9-14-8-4-3-5-10(14)6-7-13-2/h10,13,17H,3-9H2,1-2H3,(H,15,16). The van der Waals surface area contributed by atoms with E-state index in [0.29, 0.717) is 6.04 Å². The van der Waals surface area contributed by atoms with Gasteiger partial charge in [-0.25, -0.2) is 4.79 Å². The molecule has 1 saturated heterocycles. The maximum atomic E-state index is 10.9. The minimum Gasteiger partial charge on any atom is -0.479 e. The molecule has 17 heavy (non-hydrogen) atoms. The smallest absolute Gasteiger partial charge is 0.336 e. The van der Waals surface area contributed by atoms with Gasteiger partial charge in [-0.1, -0.05) is 6.42 Å². The fraction of sp³-hybridized carbons (Fsp3) is 0.917. The Morgan fingerprint density at radius 3 is 2.82 bits per heavy atom. The van der Waals surface area contributed by atoms with Gasteiger partial charge in [0.15, 0.2) is 5.60 Å². The predicted octanol–water partition coefficient (Wildman–Crippen LogP) is 0.286. The van der Waals surface area contributed by atoms with Gasteiger partial charge in [-0.3, -0.25) is 4.90 Å². The molecular weight excluding hydrogens is 220 g/mol. The van der Waals surface area contributed by atoms with Gasteiger partial charge in [-0.15, -0.1) is 0 Å². The van der Waals surface area contributed by atoms with E-state index >= 15 is 0 Å².